The molecule has 0 radical (unpaired) electrons. The fraction of sp³-hybridized carbons (Fsp3) is 0.158. The molecule has 0 unspecified atom stereocenters. The summed E-state index contributed by atoms with van der Waals surface area (Å²) in [6, 6.07) is 12.5. The second-order valence-corrected chi connectivity index (χ2v) is 5.62. The second-order valence-electron chi connectivity index (χ2n) is 5.62. The van der Waals surface area contributed by atoms with Gasteiger partial charge in [0.2, 0.25) is 0 Å². The molecule has 108 valence electrons. The Kier molecular flexibility index (Phi) is 3.11. The molecule has 1 aliphatic rings. The van der Waals surface area contributed by atoms with Crippen LogP contribution in [-0.4, -0.2) is 14.6 Å². The van der Waals surface area contributed by atoms with Crippen molar-refractivity contribution >= 4 is 16.7 Å². The van der Waals surface area contributed by atoms with Crippen LogP contribution in [0.3, 0.4) is 0 Å². The molecule has 22 heavy (non-hydrogen) atoms. The zero-order valence-corrected chi connectivity index (χ0v) is 12.5. The van der Waals surface area contributed by atoms with E-state index >= 15 is 0 Å². The molecule has 0 saturated heterocycles. The molecule has 0 amide bonds. The highest BCUT2D eigenvalue weighted by Gasteiger charge is 2.14. The van der Waals surface area contributed by atoms with E-state index in [9.17, 15) is 0 Å². The van der Waals surface area contributed by atoms with Crippen LogP contribution in [0.4, 0.5) is 0 Å². The third-order valence-corrected chi connectivity index (χ3v) is 4.08. The van der Waals surface area contributed by atoms with Crippen LogP contribution in [0.5, 0.6) is 0 Å². The van der Waals surface area contributed by atoms with Crippen molar-refractivity contribution in [2.24, 2.45) is 0 Å². The van der Waals surface area contributed by atoms with Gasteiger partial charge >= 0.3 is 0 Å². The van der Waals surface area contributed by atoms with Gasteiger partial charge < -0.3 is 0 Å². The maximum atomic E-state index is 4.71. The first-order valence-corrected chi connectivity index (χ1v) is 7.59. The van der Waals surface area contributed by atoms with E-state index in [1.165, 1.54) is 16.7 Å². The van der Waals surface area contributed by atoms with Crippen LogP contribution in [0.25, 0.3) is 16.7 Å². The van der Waals surface area contributed by atoms with Crippen molar-refractivity contribution in [3.05, 3.63) is 77.9 Å². The Morgan fingerprint density at radius 3 is 2.95 bits per heavy atom. The summed E-state index contributed by atoms with van der Waals surface area (Å²) in [5, 5.41) is 4.34. The number of aryl methyl sites for hydroxylation is 1. The van der Waals surface area contributed by atoms with E-state index in [4.69, 9.17) is 4.98 Å². The number of nitrogens with zero attached hydrogens (tertiary/aromatic N) is 3. The van der Waals surface area contributed by atoms with E-state index in [0.29, 0.717) is 0 Å². The smallest absolute Gasteiger partial charge is 0.0671 e. The van der Waals surface area contributed by atoms with Crippen LogP contribution in [0.1, 0.15) is 29.8 Å². The predicted molar refractivity (Wildman–Crippen MR) is 89.4 cm³/mol. The largest absolute Gasteiger partial charge is 0.253 e. The van der Waals surface area contributed by atoms with Crippen LogP contribution in [-0.2, 0) is 0 Å². The van der Waals surface area contributed by atoms with Crippen molar-refractivity contribution < 1.29 is 0 Å². The summed E-state index contributed by atoms with van der Waals surface area (Å²) in [7, 11) is 0. The fourth-order valence-corrected chi connectivity index (χ4v) is 2.99. The SMILES string of the molecule is Cc1cccc(C2=C(c3ccc4ccnn4c3)C=CCC2)n1. The first-order valence-electron chi connectivity index (χ1n) is 7.59. The van der Waals surface area contributed by atoms with Gasteiger partial charge in [-0.15, -0.1) is 0 Å². The number of aromatic nitrogens is 3. The summed E-state index contributed by atoms with van der Waals surface area (Å²) in [5.41, 5.74) is 7.01. The fourth-order valence-electron chi connectivity index (χ4n) is 2.99. The number of fused-ring (bicyclic) bond motifs is 1. The predicted octanol–water partition coefficient (Wildman–Crippen LogP) is 4.30. The van der Waals surface area contributed by atoms with Crippen LogP contribution in [0.15, 0.2) is 60.9 Å². The molecule has 0 aliphatic heterocycles. The molecule has 4 rings (SSSR count). The van der Waals surface area contributed by atoms with Gasteiger partial charge in [0, 0.05) is 23.7 Å². The quantitative estimate of drug-likeness (QED) is 0.703. The Balaban J connectivity index is 1.90. The van der Waals surface area contributed by atoms with Crippen molar-refractivity contribution in [1.29, 1.82) is 0 Å². The Bertz CT molecular complexity index is 900. The molecule has 3 heterocycles. The zero-order valence-electron chi connectivity index (χ0n) is 12.5. The molecule has 3 aromatic heterocycles. The molecule has 0 N–H and O–H groups in total. The topological polar surface area (TPSA) is 30.2 Å². The summed E-state index contributed by atoms with van der Waals surface area (Å²) in [5.74, 6) is 0. The number of allylic oxidation sites excluding steroid dienone is 4. The third-order valence-electron chi connectivity index (χ3n) is 4.08. The summed E-state index contributed by atoms with van der Waals surface area (Å²) in [6.45, 7) is 2.04. The Hall–Kier alpha value is -2.68. The normalized spacial score (nSPS) is 14.8. The standard InChI is InChI=1S/C19H17N3/c1-14-5-4-8-19(21-14)18-7-3-2-6-17(18)15-9-10-16-11-12-20-22(16)13-15/h2,4-6,8-13H,3,7H2,1H3. The lowest BCUT2D eigenvalue weighted by molar-refractivity contribution is 0.956. The molecule has 3 heteroatoms. The number of hydrogen-bond donors (Lipinski definition) is 0. The van der Waals surface area contributed by atoms with Crippen molar-refractivity contribution in [2.75, 3.05) is 0 Å². The minimum absolute atomic E-state index is 1.03. The van der Waals surface area contributed by atoms with E-state index in [0.717, 1.165) is 29.7 Å². The van der Waals surface area contributed by atoms with Crippen LogP contribution in [0.2, 0.25) is 0 Å². The van der Waals surface area contributed by atoms with Crippen molar-refractivity contribution in [1.82, 2.24) is 14.6 Å². The molecule has 0 atom stereocenters. The molecule has 3 nitrogen and oxygen atoms in total. The number of pyridine rings is 2. The lowest BCUT2D eigenvalue weighted by Gasteiger charge is -2.16. The number of hydrogen-bond acceptors (Lipinski definition) is 2. The minimum atomic E-state index is 1.03. The monoisotopic (exact) mass is 287 g/mol. The van der Waals surface area contributed by atoms with Gasteiger partial charge in [0.1, 0.15) is 0 Å². The van der Waals surface area contributed by atoms with Gasteiger partial charge in [0.05, 0.1) is 11.2 Å². The lowest BCUT2D eigenvalue weighted by atomic mass is 9.91. The molecule has 1 aliphatic carbocycles. The first-order chi connectivity index (χ1) is 10.8. The Morgan fingerprint density at radius 1 is 1.09 bits per heavy atom. The van der Waals surface area contributed by atoms with E-state index in [-0.39, 0.29) is 0 Å². The van der Waals surface area contributed by atoms with E-state index < -0.39 is 0 Å². The van der Waals surface area contributed by atoms with Gasteiger partial charge in [0.15, 0.2) is 0 Å². The Morgan fingerprint density at radius 2 is 2.05 bits per heavy atom. The molecule has 0 fully saturated rings. The maximum Gasteiger partial charge on any atom is 0.0671 e. The summed E-state index contributed by atoms with van der Waals surface area (Å²) in [6.07, 6.45) is 10.5. The van der Waals surface area contributed by atoms with E-state index in [1.54, 1.807) is 0 Å². The highest BCUT2D eigenvalue weighted by Crippen LogP contribution is 2.33. The average Bonchev–Trinajstić information content (AvgIpc) is 3.02. The van der Waals surface area contributed by atoms with Gasteiger partial charge in [-0.25, -0.2) is 4.52 Å². The summed E-state index contributed by atoms with van der Waals surface area (Å²) >= 11 is 0. The van der Waals surface area contributed by atoms with Crippen molar-refractivity contribution in [3.8, 4) is 0 Å². The second kappa shape index (κ2) is 5.26. The van der Waals surface area contributed by atoms with Gasteiger partial charge in [-0.3, -0.25) is 4.98 Å². The maximum absolute atomic E-state index is 4.71. The summed E-state index contributed by atoms with van der Waals surface area (Å²) in [4.78, 5) is 4.71. The molecule has 0 spiro atoms. The Labute approximate surface area is 129 Å². The molecular formula is C19H17N3. The average molecular weight is 287 g/mol. The molecule has 3 aromatic rings. The number of rotatable bonds is 2. The van der Waals surface area contributed by atoms with Crippen molar-refractivity contribution in [3.63, 3.8) is 0 Å². The van der Waals surface area contributed by atoms with Gasteiger partial charge in [-0.2, -0.15) is 5.10 Å². The minimum Gasteiger partial charge on any atom is -0.253 e. The highest BCUT2D eigenvalue weighted by atomic mass is 15.2. The third kappa shape index (κ3) is 2.25. The summed E-state index contributed by atoms with van der Waals surface area (Å²) < 4.78 is 1.92. The van der Waals surface area contributed by atoms with E-state index in [2.05, 4.69) is 47.7 Å². The zero-order chi connectivity index (χ0) is 14.9. The lowest BCUT2D eigenvalue weighted by Crippen LogP contribution is -1.99. The molecule has 0 bridgehead atoms. The molecule has 0 aromatic carbocycles. The van der Waals surface area contributed by atoms with Gasteiger partial charge in [-0.1, -0.05) is 24.3 Å². The highest BCUT2D eigenvalue weighted by molar-refractivity contribution is 5.95. The molecular weight excluding hydrogens is 270 g/mol. The van der Waals surface area contributed by atoms with E-state index in [1.807, 2.05) is 29.8 Å². The van der Waals surface area contributed by atoms with Gasteiger partial charge in [0.25, 0.3) is 0 Å². The first kappa shape index (κ1) is 13.0. The van der Waals surface area contributed by atoms with Crippen LogP contribution < -0.4 is 0 Å². The van der Waals surface area contributed by atoms with Crippen LogP contribution in [0, 0.1) is 6.92 Å². The van der Waals surface area contributed by atoms with Gasteiger partial charge in [-0.05, 0) is 55.2 Å². The van der Waals surface area contributed by atoms with Crippen LogP contribution >= 0.6 is 0 Å². The van der Waals surface area contributed by atoms with Crippen molar-refractivity contribution in [2.45, 2.75) is 19.8 Å². The molecule has 0 saturated carbocycles.